The lowest BCUT2D eigenvalue weighted by Gasteiger charge is -2.17. The van der Waals surface area contributed by atoms with Crippen LogP contribution in [-0.2, 0) is 37.2 Å². The third-order valence-corrected chi connectivity index (χ3v) is 11.9. The molecule has 0 fully saturated rings. The van der Waals surface area contributed by atoms with Gasteiger partial charge in [-0.1, -0.05) is 56.3 Å². The molecule has 2 atom stereocenters. The number of carbonyl (C=O) groups excluding carboxylic acids is 5. The third kappa shape index (κ3) is 16.7. The van der Waals surface area contributed by atoms with Crippen molar-refractivity contribution in [2.45, 2.75) is 51.3 Å². The molecule has 2 unspecified atom stereocenters. The first-order valence-electron chi connectivity index (χ1n) is 22.8. The van der Waals surface area contributed by atoms with Crippen molar-refractivity contribution in [3.8, 4) is 0 Å². The average molecular weight is 965 g/mol. The predicted molar refractivity (Wildman–Crippen MR) is 276 cm³/mol. The zero-order valence-corrected chi connectivity index (χ0v) is 40.9. The number of nitrogens with one attached hydrogen (secondary N) is 4. The molecule has 3 heterocycles. The summed E-state index contributed by atoms with van der Waals surface area (Å²) in [5, 5.41) is 8.51. The van der Waals surface area contributed by atoms with Crippen LogP contribution < -0.4 is 20.7 Å². The van der Waals surface area contributed by atoms with Crippen LogP contribution in [0.15, 0.2) is 161 Å². The van der Waals surface area contributed by atoms with Gasteiger partial charge in [-0.05, 0) is 153 Å². The van der Waals surface area contributed by atoms with E-state index in [0.717, 1.165) is 50.6 Å². The van der Waals surface area contributed by atoms with Crippen molar-refractivity contribution in [3.63, 3.8) is 0 Å². The van der Waals surface area contributed by atoms with Gasteiger partial charge in [-0.2, -0.15) is 0 Å². The Morgan fingerprint density at radius 1 is 0.729 bits per heavy atom. The highest BCUT2D eigenvalue weighted by Crippen LogP contribution is 2.30. The second-order valence-corrected chi connectivity index (χ2v) is 17.1. The summed E-state index contributed by atoms with van der Waals surface area (Å²) >= 11 is 0. The number of aldehydes is 2. The lowest BCUT2D eigenvalue weighted by molar-refractivity contribution is -0.121. The molecule has 7 rings (SSSR count). The smallest absolute Gasteiger partial charge is 0.261 e. The number of pyridine rings is 2. The lowest BCUT2D eigenvalue weighted by Crippen LogP contribution is -2.31. The van der Waals surface area contributed by atoms with Gasteiger partial charge < -0.3 is 20.7 Å². The SMILES string of the molecule is CC.CN=C(c1ccc(NC(=O)c2ccc(S(=O)(=O)Nc3cc(C)cc(C=O)c3)cc2)cc1)C1C(=O)N=C(c2ccccc2)C1C=O.CNCCCc1ccncc1.O=CNCCCc1ccncc1. The quantitative estimate of drug-likeness (QED) is 0.0351. The van der Waals surface area contributed by atoms with Gasteiger partial charge in [-0.25, -0.2) is 13.4 Å². The predicted octanol–water partition coefficient (Wildman–Crippen LogP) is 7.76. The summed E-state index contributed by atoms with van der Waals surface area (Å²) in [4.78, 5) is 75.4. The van der Waals surface area contributed by atoms with E-state index in [0.29, 0.717) is 40.1 Å². The Hall–Kier alpha value is -7.82. The molecule has 0 saturated heterocycles. The van der Waals surface area contributed by atoms with E-state index < -0.39 is 33.7 Å². The number of aryl methyl sites for hydroxylation is 3. The minimum Gasteiger partial charge on any atom is -0.359 e. The van der Waals surface area contributed by atoms with Crippen LogP contribution in [0, 0.1) is 18.8 Å². The highest BCUT2D eigenvalue weighted by molar-refractivity contribution is 7.92. The van der Waals surface area contributed by atoms with Crippen molar-refractivity contribution >= 4 is 63.6 Å². The van der Waals surface area contributed by atoms with Crippen LogP contribution in [0.5, 0.6) is 0 Å². The lowest BCUT2D eigenvalue weighted by atomic mass is 9.83. The van der Waals surface area contributed by atoms with Gasteiger partial charge in [0, 0.05) is 60.9 Å². The van der Waals surface area contributed by atoms with E-state index in [9.17, 15) is 32.4 Å². The molecule has 1 aliphatic heterocycles. The van der Waals surface area contributed by atoms with Crippen LogP contribution in [0.1, 0.15) is 75.2 Å². The van der Waals surface area contributed by atoms with Gasteiger partial charge in [0.05, 0.1) is 28.2 Å². The molecule has 0 saturated carbocycles. The molecule has 0 radical (unpaired) electrons. The first-order chi connectivity index (χ1) is 34.0. The van der Waals surface area contributed by atoms with Gasteiger partial charge in [0.1, 0.15) is 12.6 Å². The summed E-state index contributed by atoms with van der Waals surface area (Å²) in [6.07, 6.45) is 13.6. The van der Waals surface area contributed by atoms with Crippen molar-refractivity contribution in [1.82, 2.24) is 20.6 Å². The fourth-order valence-electron chi connectivity index (χ4n) is 7.21. The van der Waals surface area contributed by atoms with Crippen molar-refractivity contribution in [2.75, 3.05) is 37.2 Å². The molecule has 0 spiro atoms. The molecular formula is C54H60N8O7S. The summed E-state index contributed by atoms with van der Waals surface area (Å²) < 4.78 is 28.2. The summed E-state index contributed by atoms with van der Waals surface area (Å²) in [5.74, 6) is -2.57. The Kier molecular flexibility index (Phi) is 22.8. The fraction of sp³-hybridized carbons (Fsp3) is 0.241. The van der Waals surface area contributed by atoms with Gasteiger partial charge in [-0.15, -0.1) is 0 Å². The van der Waals surface area contributed by atoms with Crippen molar-refractivity contribution in [1.29, 1.82) is 0 Å². The fourth-order valence-corrected chi connectivity index (χ4v) is 8.25. The highest BCUT2D eigenvalue weighted by Gasteiger charge is 2.42. The van der Waals surface area contributed by atoms with E-state index in [1.54, 1.807) is 74.9 Å². The molecule has 4 aromatic carbocycles. The van der Waals surface area contributed by atoms with E-state index in [-0.39, 0.29) is 16.1 Å². The Morgan fingerprint density at radius 2 is 1.31 bits per heavy atom. The van der Waals surface area contributed by atoms with Crippen LogP contribution in [0.25, 0.3) is 0 Å². The minimum atomic E-state index is -3.97. The molecule has 0 bridgehead atoms. The van der Waals surface area contributed by atoms with Gasteiger partial charge in [0.15, 0.2) is 0 Å². The molecule has 4 N–H and O–H groups in total. The maximum absolute atomic E-state index is 12.9. The zero-order chi connectivity index (χ0) is 50.7. The number of anilines is 2. The van der Waals surface area contributed by atoms with Crippen molar-refractivity contribution < 1.29 is 32.4 Å². The van der Waals surface area contributed by atoms with Gasteiger partial charge in [0.25, 0.3) is 21.8 Å². The summed E-state index contributed by atoms with van der Waals surface area (Å²) in [6.45, 7) is 7.58. The van der Waals surface area contributed by atoms with Crippen LogP contribution in [-0.4, -0.2) is 87.8 Å². The minimum absolute atomic E-state index is 0.0570. The van der Waals surface area contributed by atoms with E-state index >= 15 is 0 Å². The summed E-state index contributed by atoms with van der Waals surface area (Å²) in [5.41, 5.74) is 6.73. The first kappa shape index (κ1) is 54.8. The number of aliphatic imine (C=N–C) groups is 2. The van der Waals surface area contributed by atoms with E-state index in [4.69, 9.17) is 0 Å². The summed E-state index contributed by atoms with van der Waals surface area (Å²) in [7, 11) is -0.447. The number of rotatable bonds is 19. The largest absolute Gasteiger partial charge is 0.359 e. The topological polar surface area (TPSA) is 218 Å². The maximum Gasteiger partial charge on any atom is 0.261 e. The molecule has 3 amide bonds. The first-order valence-corrected chi connectivity index (χ1v) is 24.3. The zero-order valence-electron chi connectivity index (χ0n) is 40.0. The number of aromatic nitrogens is 2. The van der Waals surface area contributed by atoms with E-state index in [2.05, 4.69) is 52.8 Å². The van der Waals surface area contributed by atoms with Gasteiger partial charge >= 0.3 is 0 Å². The van der Waals surface area contributed by atoms with Crippen LogP contribution in [0.4, 0.5) is 11.4 Å². The Bertz CT molecular complexity index is 2770. The Morgan fingerprint density at radius 3 is 1.86 bits per heavy atom. The number of amides is 3. The molecule has 2 aromatic heterocycles. The number of benzene rings is 4. The number of hydrogen-bond acceptors (Lipinski definition) is 11. The molecule has 15 nitrogen and oxygen atoms in total. The molecule has 70 heavy (non-hydrogen) atoms. The number of nitrogens with zero attached hydrogens (tertiary/aromatic N) is 4. The van der Waals surface area contributed by atoms with Crippen LogP contribution >= 0.6 is 0 Å². The number of hydrogen-bond donors (Lipinski definition) is 4. The van der Waals surface area contributed by atoms with Crippen LogP contribution in [0.2, 0.25) is 0 Å². The highest BCUT2D eigenvalue weighted by atomic mass is 32.2. The molecule has 6 aromatic rings. The van der Waals surface area contributed by atoms with Gasteiger partial charge in [0.2, 0.25) is 6.41 Å². The normalized spacial score (nSPS) is 13.9. The molecule has 0 aliphatic carbocycles. The molecule has 1 aliphatic rings. The standard InChI is InChI=1S/C34H28N4O6S.C9H12N2O.C9H14N2.C2H6/c1-21-16-22(19-39)18-27(17-21)38-45(43,44)28-14-10-25(11-15-28)33(41)36-26-12-8-24(9-13-26)32(35-2)30-29(20-40)31(37-34(30)42)23-6-4-3-5-7-23;12-8-11-5-1-2-9-3-6-10-7-4-9;1-10-6-2-3-9-4-7-11-8-5-9;1-2/h3-20,29-30,38H,1-2H3,(H,36,41);3-4,6-8H,1-2,5H2,(H,11,12);4-5,7-8,10H,2-3,6H2,1H3;1-2H3. The summed E-state index contributed by atoms with van der Waals surface area (Å²) in [6, 6.07) is 33.9. The molecular weight excluding hydrogens is 905 g/mol. The van der Waals surface area contributed by atoms with Gasteiger partial charge in [-0.3, -0.25) is 38.9 Å². The second kappa shape index (κ2) is 29.2. The maximum atomic E-state index is 12.9. The molecule has 364 valence electrons. The second-order valence-electron chi connectivity index (χ2n) is 15.5. The average Bonchev–Trinajstić information content (AvgIpc) is 3.72. The monoisotopic (exact) mass is 964 g/mol. The van der Waals surface area contributed by atoms with E-state index in [1.807, 2.05) is 63.6 Å². The third-order valence-electron chi connectivity index (χ3n) is 10.5. The van der Waals surface area contributed by atoms with E-state index in [1.165, 1.54) is 47.9 Å². The van der Waals surface area contributed by atoms with Crippen molar-refractivity contribution in [2.24, 2.45) is 21.8 Å². The number of carbonyl (C=O) groups is 5. The van der Waals surface area contributed by atoms with Crippen LogP contribution in [0.3, 0.4) is 0 Å². The Labute approximate surface area is 410 Å². The molecule has 16 heteroatoms. The Balaban J connectivity index is 0.000000346. The number of sulfonamides is 1. The van der Waals surface area contributed by atoms with Crippen molar-refractivity contribution in [3.05, 3.63) is 185 Å².